The summed E-state index contributed by atoms with van der Waals surface area (Å²) >= 11 is 1.21. The minimum Gasteiger partial charge on any atom is -0.480 e. The summed E-state index contributed by atoms with van der Waals surface area (Å²) in [6.07, 6.45) is 1.55. The van der Waals surface area contributed by atoms with Gasteiger partial charge in [-0.1, -0.05) is 0 Å². The number of carboxylic acids is 1. The molecule has 1 aromatic rings. The first kappa shape index (κ1) is 16.6. The van der Waals surface area contributed by atoms with E-state index in [9.17, 15) is 18.0 Å². The van der Waals surface area contributed by atoms with Gasteiger partial charge >= 0.3 is 5.97 Å². The van der Waals surface area contributed by atoms with E-state index in [0.29, 0.717) is 11.3 Å². The second-order valence-electron chi connectivity index (χ2n) is 4.22. The van der Waals surface area contributed by atoms with Gasteiger partial charge in [-0.2, -0.15) is 0 Å². The number of rotatable bonds is 7. The SMILES string of the molecule is CC(NC(=O)c1ccc(CCNS(C)(=O)=O)s1)C(=O)O. The van der Waals surface area contributed by atoms with E-state index in [1.165, 1.54) is 18.3 Å². The van der Waals surface area contributed by atoms with E-state index >= 15 is 0 Å². The van der Waals surface area contributed by atoms with Crippen molar-refractivity contribution in [3.63, 3.8) is 0 Å². The highest BCUT2D eigenvalue weighted by molar-refractivity contribution is 7.88. The fourth-order valence-electron chi connectivity index (χ4n) is 1.32. The number of hydrogen-bond acceptors (Lipinski definition) is 5. The Labute approximate surface area is 121 Å². The molecule has 0 aliphatic carbocycles. The average molecular weight is 320 g/mol. The van der Waals surface area contributed by atoms with Crippen LogP contribution < -0.4 is 10.0 Å². The highest BCUT2D eigenvalue weighted by Gasteiger charge is 2.16. The van der Waals surface area contributed by atoms with Crippen molar-refractivity contribution in [2.75, 3.05) is 12.8 Å². The summed E-state index contributed by atoms with van der Waals surface area (Å²) in [5, 5.41) is 11.0. The van der Waals surface area contributed by atoms with Crippen molar-refractivity contribution in [2.45, 2.75) is 19.4 Å². The number of aliphatic carboxylic acids is 1. The maximum Gasteiger partial charge on any atom is 0.325 e. The molecule has 1 aromatic heterocycles. The number of amides is 1. The van der Waals surface area contributed by atoms with Crippen LogP contribution in [-0.4, -0.2) is 44.2 Å². The van der Waals surface area contributed by atoms with E-state index in [1.54, 1.807) is 12.1 Å². The largest absolute Gasteiger partial charge is 0.480 e. The van der Waals surface area contributed by atoms with Crippen LogP contribution in [0.15, 0.2) is 12.1 Å². The van der Waals surface area contributed by atoms with E-state index in [2.05, 4.69) is 10.0 Å². The first-order valence-electron chi connectivity index (χ1n) is 5.76. The van der Waals surface area contributed by atoms with Gasteiger partial charge in [0.25, 0.3) is 5.91 Å². The molecule has 20 heavy (non-hydrogen) atoms. The maximum absolute atomic E-state index is 11.7. The standard InChI is InChI=1S/C11H16N2O5S2/c1-7(11(15)16)13-10(14)9-4-3-8(19-9)5-6-12-20(2,17)18/h3-4,7,12H,5-6H2,1-2H3,(H,13,14)(H,15,16). The van der Waals surface area contributed by atoms with Crippen LogP contribution in [0.1, 0.15) is 21.5 Å². The quantitative estimate of drug-likeness (QED) is 0.657. The maximum atomic E-state index is 11.7. The lowest BCUT2D eigenvalue weighted by Gasteiger charge is -2.07. The Kier molecular flexibility index (Phi) is 5.66. The van der Waals surface area contributed by atoms with E-state index in [4.69, 9.17) is 5.11 Å². The van der Waals surface area contributed by atoms with Gasteiger partial charge in [0.05, 0.1) is 11.1 Å². The summed E-state index contributed by atoms with van der Waals surface area (Å²) in [7, 11) is -3.22. The van der Waals surface area contributed by atoms with E-state index in [-0.39, 0.29) is 6.54 Å². The van der Waals surface area contributed by atoms with Crippen molar-refractivity contribution in [1.29, 1.82) is 0 Å². The second kappa shape index (κ2) is 6.82. The van der Waals surface area contributed by atoms with Gasteiger partial charge in [-0.15, -0.1) is 11.3 Å². The number of thiophene rings is 1. The summed E-state index contributed by atoms with van der Waals surface area (Å²) < 4.78 is 24.1. The Morgan fingerprint density at radius 1 is 1.40 bits per heavy atom. The molecule has 0 bridgehead atoms. The smallest absolute Gasteiger partial charge is 0.325 e. The molecule has 0 aromatic carbocycles. The fraction of sp³-hybridized carbons (Fsp3) is 0.455. The lowest BCUT2D eigenvalue weighted by molar-refractivity contribution is -0.138. The number of carbonyl (C=O) groups excluding carboxylic acids is 1. The zero-order valence-electron chi connectivity index (χ0n) is 11.0. The van der Waals surface area contributed by atoms with Crippen molar-refractivity contribution in [1.82, 2.24) is 10.0 Å². The van der Waals surface area contributed by atoms with Crippen molar-refractivity contribution in [3.05, 3.63) is 21.9 Å². The summed E-state index contributed by atoms with van der Waals surface area (Å²) in [6.45, 7) is 1.64. The highest BCUT2D eigenvalue weighted by atomic mass is 32.2. The Morgan fingerprint density at radius 3 is 2.60 bits per heavy atom. The molecule has 1 rings (SSSR count). The van der Waals surface area contributed by atoms with Crippen molar-refractivity contribution >= 4 is 33.2 Å². The second-order valence-corrected chi connectivity index (χ2v) is 7.22. The zero-order chi connectivity index (χ0) is 15.3. The van der Waals surface area contributed by atoms with Crippen molar-refractivity contribution in [3.8, 4) is 0 Å². The van der Waals surface area contributed by atoms with Crippen LogP contribution in [-0.2, 0) is 21.2 Å². The topological polar surface area (TPSA) is 113 Å². The number of sulfonamides is 1. The van der Waals surface area contributed by atoms with Gasteiger partial charge in [0, 0.05) is 11.4 Å². The Balaban J connectivity index is 2.54. The van der Waals surface area contributed by atoms with Crippen LogP contribution in [0.3, 0.4) is 0 Å². The normalized spacial score (nSPS) is 12.9. The van der Waals surface area contributed by atoms with Crippen LogP contribution in [0, 0.1) is 0 Å². The molecule has 0 saturated carbocycles. The first-order valence-corrected chi connectivity index (χ1v) is 8.47. The third kappa shape index (κ3) is 5.68. The molecular weight excluding hydrogens is 304 g/mol. The van der Waals surface area contributed by atoms with Gasteiger partial charge in [-0.3, -0.25) is 9.59 Å². The molecule has 1 heterocycles. The molecule has 1 unspecified atom stereocenters. The summed E-state index contributed by atoms with van der Waals surface area (Å²) in [4.78, 5) is 23.6. The van der Waals surface area contributed by atoms with Crippen molar-refractivity contribution < 1.29 is 23.1 Å². The number of hydrogen-bond donors (Lipinski definition) is 3. The number of carboxylic acid groups (broad SMARTS) is 1. The summed E-state index contributed by atoms with van der Waals surface area (Å²) in [5.41, 5.74) is 0. The minimum atomic E-state index is -3.22. The predicted molar refractivity (Wildman–Crippen MR) is 75.4 cm³/mol. The molecule has 9 heteroatoms. The van der Waals surface area contributed by atoms with Gasteiger partial charge in [0.1, 0.15) is 6.04 Å². The molecule has 3 N–H and O–H groups in total. The summed E-state index contributed by atoms with van der Waals surface area (Å²) in [5.74, 6) is -1.56. The highest BCUT2D eigenvalue weighted by Crippen LogP contribution is 2.16. The number of carbonyl (C=O) groups is 2. The van der Waals surface area contributed by atoms with Gasteiger partial charge in [0.2, 0.25) is 10.0 Å². The van der Waals surface area contributed by atoms with Gasteiger partial charge < -0.3 is 10.4 Å². The van der Waals surface area contributed by atoms with Gasteiger partial charge in [-0.25, -0.2) is 13.1 Å². The lowest BCUT2D eigenvalue weighted by Crippen LogP contribution is -2.37. The molecule has 0 radical (unpaired) electrons. The molecule has 0 aliphatic heterocycles. The van der Waals surface area contributed by atoms with E-state index in [1.807, 2.05) is 0 Å². The van der Waals surface area contributed by atoms with Crippen LogP contribution >= 0.6 is 11.3 Å². The van der Waals surface area contributed by atoms with Crippen LogP contribution in [0.2, 0.25) is 0 Å². The van der Waals surface area contributed by atoms with Gasteiger partial charge in [-0.05, 0) is 25.5 Å². The first-order chi connectivity index (χ1) is 9.19. The molecule has 0 aliphatic rings. The Bertz CT molecular complexity index is 594. The average Bonchev–Trinajstić information content (AvgIpc) is 2.75. The minimum absolute atomic E-state index is 0.256. The molecule has 0 spiro atoms. The third-order valence-electron chi connectivity index (χ3n) is 2.34. The number of nitrogens with one attached hydrogen (secondary N) is 2. The monoisotopic (exact) mass is 320 g/mol. The van der Waals surface area contributed by atoms with Crippen LogP contribution in [0.5, 0.6) is 0 Å². The Morgan fingerprint density at radius 2 is 2.05 bits per heavy atom. The molecule has 0 fully saturated rings. The molecule has 1 atom stereocenters. The molecule has 112 valence electrons. The molecular formula is C11H16N2O5S2. The third-order valence-corrected chi connectivity index (χ3v) is 4.21. The lowest BCUT2D eigenvalue weighted by atomic mass is 10.3. The molecule has 1 amide bonds. The summed E-state index contributed by atoms with van der Waals surface area (Å²) in [6, 6.07) is 2.35. The van der Waals surface area contributed by atoms with Crippen molar-refractivity contribution in [2.24, 2.45) is 0 Å². The predicted octanol–water partition coefficient (Wildman–Crippen LogP) is 0.0427. The fourth-order valence-corrected chi connectivity index (χ4v) is 2.71. The Hall–Kier alpha value is -1.45. The molecule has 0 saturated heterocycles. The van der Waals surface area contributed by atoms with Crippen LogP contribution in [0.4, 0.5) is 0 Å². The van der Waals surface area contributed by atoms with E-state index < -0.39 is 27.9 Å². The van der Waals surface area contributed by atoms with Gasteiger partial charge in [0.15, 0.2) is 0 Å². The van der Waals surface area contributed by atoms with Crippen LogP contribution in [0.25, 0.3) is 0 Å². The van der Waals surface area contributed by atoms with E-state index in [0.717, 1.165) is 11.1 Å². The molecule has 7 nitrogen and oxygen atoms in total. The zero-order valence-corrected chi connectivity index (χ0v) is 12.7.